The molecule has 0 spiro atoms. The number of rotatable bonds is 4. The highest BCUT2D eigenvalue weighted by molar-refractivity contribution is 5.27. The Morgan fingerprint density at radius 3 is 2.33 bits per heavy atom. The Balaban J connectivity index is 1.96. The van der Waals surface area contributed by atoms with Crippen LogP contribution >= 0.6 is 0 Å². The van der Waals surface area contributed by atoms with Crippen molar-refractivity contribution >= 4 is 0 Å². The minimum Gasteiger partial charge on any atom is -0.497 e. The van der Waals surface area contributed by atoms with Gasteiger partial charge in [0.05, 0.1) is 20.3 Å². The summed E-state index contributed by atoms with van der Waals surface area (Å²) in [5.74, 6) is 0.852. The van der Waals surface area contributed by atoms with Crippen LogP contribution in [0.4, 0.5) is 0 Å². The first kappa shape index (κ1) is 13.4. The molecule has 1 aliphatic heterocycles. The lowest BCUT2D eigenvalue weighted by Crippen LogP contribution is -2.36. The molecule has 0 aliphatic carbocycles. The molecular weight excluding hydrogens is 228 g/mol. The van der Waals surface area contributed by atoms with Gasteiger partial charge in [-0.25, -0.2) is 0 Å². The van der Waals surface area contributed by atoms with Gasteiger partial charge in [0, 0.05) is 11.0 Å². The summed E-state index contributed by atoms with van der Waals surface area (Å²) >= 11 is 0. The fourth-order valence-corrected chi connectivity index (χ4v) is 2.34. The second-order valence-electron chi connectivity index (χ2n) is 5.29. The van der Waals surface area contributed by atoms with Crippen LogP contribution in [0.25, 0.3) is 0 Å². The van der Waals surface area contributed by atoms with Gasteiger partial charge in [-0.2, -0.15) is 0 Å². The smallest absolute Gasteiger partial charge is 0.183 e. The zero-order valence-corrected chi connectivity index (χ0v) is 11.4. The molecule has 0 atom stereocenters. The molecule has 1 fully saturated rings. The van der Waals surface area contributed by atoms with Crippen molar-refractivity contribution in [1.82, 2.24) is 0 Å². The molecule has 1 aromatic rings. The summed E-state index contributed by atoms with van der Waals surface area (Å²) in [4.78, 5) is 0. The predicted octanol–water partition coefficient (Wildman–Crippen LogP) is 3.55. The third-order valence-corrected chi connectivity index (χ3v) is 3.41. The van der Waals surface area contributed by atoms with Gasteiger partial charge < -0.3 is 14.2 Å². The molecule has 0 radical (unpaired) electrons. The van der Waals surface area contributed by atoms with E-state index in [4.69, 9.17) is 14.2 Å². The number of methoxy groups -OCH3 is 1. The Bertz CT molecular complexity index is 364. The SMILES string of the molecule is CCCC1(C)COC(c2ccc(OC)cc2)OC1. The topological polar surface area (TPSA) is 27.7 Å². The van der Waals surface area contributed by atoms with Crippen LogP contribution in [0.15, 0.2) is 24.3 Å². The third kappa shape index (κ3) is 3.03. The van der Waals surface area contributed by atoms with Crippen molar-refractivity contribution < 1.29 is 14.2 Å². The van der Waals surface area contributed by atoms with Crippen molar-refractivity contribution in [3.05, 3.63) is 29.8 Å². The molecule has 1 saturated heterocycles. The molecule has 0 saturated carbocycles. The van der Waals surface area contributed by atoms with Crippen LogP contribution in [0.2, 0.25) is 0 Å². The molecule has 100 valence electrons. The Morgan fingerprint density at radius 1 is 1.22 bits per heavy atom. The molecule has 3 nitrogen and oxygen atoms in total. The number of ether oxygens (including phenoxy) is 3. The molecule has 1 aromatic carbocycles. The molecule has 0 N–H and O–H groups in total. The molecule has 18 heavy (non-hydrogen) atoms. The summed E-state index contributed by atoms with van der Waals surface area (Å²) < 4.78 is 16.8. The lowest BCUT2D eigenvalue weighted by atomic mass is 9.87. The quantitative estimate of drug-likeness (QED) is 0.818. The molecular formula is C15H22O3. The van der Waals surface area contributed by atoms with Gasteiger partial charge in [0.1, 0.15) is 5.75 Å². The molecule has 0 aromatic heterocycles. The molecule has 0 bridgehead atoms. The third-order valence-electron chi connectivity index (χ3n) is 3.41. The van der Waals surface area contributed by atoms with E-state index in [1.807, 2.05) is 24.3 Å². The van der Waals surface area contributed by atoms with Crippen LogP contribution in [-0.2, 0) is 9.47 Å². The van der Waals surface area contributed by atoms with E-state index in [1.165, 1.54) is 0 Å². The Kier molecular flexibility index (Phi) is 4.25. The maximum absolute atomic E-state index is 5.84. The largest absolute Gasteiger partial charge is 0.497 e. The average Bonchev–Trinajstić information content (AvgIpc) is 2.40. The lowest BCUT2D eigenvalue weighted by Gasteiger charge is -2.37. The van der Waals surface area contributed by atoms with Gasteiger partial charge in [0.15, 0.2) is 6.29 Å². The van der Waals surface area contributed by atoms with Gasteiger partial charge in [0.25, 0.3) is 0 Å². The molecule has 0 amide bonds. The summed E-state index contributed by atoms with van der Waals surface area (Å²) in [6.45, 7) is 5.94. The first-order valence-corrected chi connectivity index (χ1v) is 6.54. The highest BCUT2D eigenvalue weighted by Gasteiger charge is 2.32. The van der Waals surface area contributed by atoms with Crippen LogP contribution in [0.3, 0.4) is 0 Å². The van der Waals surface area contributed by atoms with Gasteiger partial charge in [-0.3, -0.25) is 0 Å². The van der Waals surface area contributed by atoms with Crippen LogP contribution in [0, 0.1) is 5.41 Å². The fourth-order valence-electron chi connectivity index (χ4n) is 2.34. The summed E-state index contributed by atoms with van der Waals surface area (Å²) in [6.07, 6.45) is 2.07. The first-order valence-electron chi connectivity index (χ1n) is 6.54. The van der Waals surface area contributed by atoms with Crippen LogP contribution in [0.1, 0.15) is 38.5 Å². The maximum Gasteiger partial charge on any atom is 0.183 e. The van der Waals surface area contributed by atoms with Crippen LogP contribution < -0.4 is 4.74 Å². The first-order chi connectivity index (χ1) is 8.67. The monoisotopic (exact) mass is 250 g/mol. The Hall–Kier alpha value is -1.06. The van der Waals surface area contributed by atoms with Gasteiger partial charge in [-0.15, -0.1) is 0 Å². The van der Waals surface area contributed by atoms with Crippen molar-refractivity contribution in [2.24, 2.45) is 5.41 Å². The molecule has 1 aliphatic rings. The highest BCUT2D eigenvalue weighted by Crippen LogP contribution is 2.34. The highest BCUT2D eigenvalue weighted by atomic mass is 16.7. The van der Waals surface area contributed by atoms with E-state index in [0.717, 1.165) is 37.4 Å². The summed E-state index contributed by atoms with van der Waals surface area (Å²) in [7, 11) is 1.67. The van der Waals surface area contributed by atoms with Crippen molar-refractivity contribution in [1.29, 1.82) is 0 Å². The van der Waals surface area contributed by atoms with Crippen molar-refractivity contribution in [3.8, 4) is 5.75 Å². The number of hydrogen-bond acceptors (Lipinski definition) is 3. The zero-order chi connectivity index (χ0) is 13.0. The maximum atomic E-state index is 5.84. The standard InChI is InChI=1S/C15H22O3/c1-4-9-15(2)10-17-14(18-11-15)12-5-7-13(16-3)8-6-12/h5-8,14H,4,9-11H2,1-3H3. The van der Waals surface area contributed by atoms with Crippen LogP contribution in [0.5, 0.6) is 5.75 Å². The van der Waals surface area contributed by atoms with Gasteiger partial charge in [0.2, 0.25) is 0 Å². The molecule has 3 heteroatoms. The van der Waals surface area contributed by atoms with E-state index >= 15 is 0 Å². The summed E-state index contributed by atoms with van der Waals surface area (Å²) in [6, 6.07) is 7.85. The fraction of sp³-hybridized carbons (Fsp3) is 0.600. The molecule has 1 heterocycles. The van der Waals surface area contributed by atoms with Crippen molar-refractivity contribution in [2.75, 3.05) is 20.3 Å². The normalized spacial score (nSPS) is 28.1. The van der Waals surface area contributed by atoms with E-state index in [0.29, 0.717) is 0 Å². The van der Waals surface area contributed by atoms with Crippen molar-refractivity contribution in [2.45, 2.75) is 33.0 Å². The van der Waals surface area contributed by atoms with Gasteiger partial charge >= 0.3 is 0 Å². The minimum absolute atomic E-state index is 0.164. The van der Waals surface area contributed by atoms with Crippen LogP contribution in [-0.4, -0.2) is 20.3 Å². The summed E-state index contributed by atoms with van der Waals surface area (Å²) in [5.41, 5.74) is 1.21. The van der Waals surface area contributed by atoms with E-state index in [9.17, 15) is 0 Å². The average molecular weight is 250 g/mol. The zero-order valence-electron chi connectivity index (χ0n) is 11.4. The van der Waals surface area contributed by atoms with Gasteiger partial charge in [-0.1, -0.05) is 32.4 Å². The van der Waals surface area contributed by atoms with Gasteiger partial charge in [-0.05, 0) is 18.6 Å². The molecule has 2 rings (SSSR count). The predicted molar refractivity (Wildman–Crippen MR) is 70.7 cm³/mol. The second-order valence-corrected chi connectivity index (χ2v) is 5.29. The minimum atomic E-state index is -0.235. The lowest BCUT2D eigenvalue weighted by molar-refractivity contribution is -0.231. The Morgan fingerprint density at radius 2 is 1.83 bits per heavy atom. The van der Waals surface area contributed by atoms with E-state index in [-0.39, 0.29) is 11.7 Å². The van der Waals surface area contributed by atoms with E-state index in [2.05, 4.69) is 13.8 Å². The number of benzene rings is 1. The number of hydrogen-bond donors (Lipinski definition) is 0. The Labute approximate surface area is 109 Å². The summed E-state index contributed by atoms with van der Waals surface area (Å²) in [5, 5.41) is 0. The van der Waals surface area contributed by atoms with Crippen molar-refractivity contribution in [3.63, 3.8) is 0 Å². The second kappa shape index (κ2) is 5.72. The molecule has 0 unspecified atom stereocenters. The van der Waals surface area contributed by atoms with E-state index < -0.39 is 0 Å². The van der Waals surface area contributed by atoms with E-state index in [1.54, 1.807) is 7.11 Å².